The first kappa shape index (κ1) is 14.9. The number of hydrogen-bond donors (Lipinski definition) is 2. The van der Waals surface area contributed by atoms with Crippen LogP contribution in [0.2, 0.25) is 0 Å². The minimum absolute atomic E-state index is 0.211. The lowest BCUT2D eigenvalue weighted by Gasteiger charge is -2.24. The van der Waals surface area contributed by atoms with Gasteiger partial charge in [-0.05, 0) is 30.7 Å². The summed E-state index contributed by atoms with van der Waals surface area (Å²) in [5.74, 6) is 3.11. The van der Waals surface area contributed by atoms with E-state index in [1.54, 1.807) is 0 Å². The van der Waals surface area contributed by atoms with Crippen molar-refractivity contribution in [3.63, 3.8) is 0 Å². The molecule has 1 amide bonds. The molecule has 2 unspecified atom stereocenters. The molecule has 1 heterocycles. The smallest absolute Gasteiger partial charge is 0.221 e. The van der Waals surface area contributed by atoms with Gasteiger partial charge >= 0.3 is 0 Å². The van der Waals surface area contributed by atoms with E-state index < -0.39 is 0 Å². The maximum absolute atomic E-state index is 12.3. The first-order valence-corrected chi connectivity index (χ1v) is 9.11. The molecule has 3 nitrogen and oxygen atoms in total. The first-order valence-electron chi connectivity index (χ1n) is 7.95. The Morgan fingerprint density at radius 1 is 1.33 bits per heavy atom. The number of carbonyl (C=O) groups is 1. The summed E-state index contributed by atoms with van der Waals surface area (Å²) in [5.41, 5.74) is 1.32. The topological polar surface area (TPSA) is 41.1 Å². The number of nitrogens with one attached hydrogen (secondary N) is 2. The average molecular weight is 304 g/mol. The second-order valence-electron chi connectivity index (χ2n) is 6.13. The van der Waals surface area contributed by atoms with Crippen molar-refractivity contribution >= 4 is 17.7 Å². The number of hydrogen-bond acceptors (Lipinski definition) is 3. The highest BCUT2D eigenvalue weighted by molar-refractivity contribution is 7.99. The van der Waals surface area contributed by atoms with E-state index in [1.165, 1.54) is 18.4 Å². The minimum Gasteiger partial charge on any atom is -0.353 e. The Morgan fingerprint density at radius 2 is 2.14 bits per heavy atom. The number of thioether (sulfide) groups is 1. The molecule has 0 spiro atoms. The molecule has 1 aromatic rings. The van der Waals surface area contributed by atoms with E-state index >= 15 is 0 Å². The number of benzene rings is 1. The highest BCUT2D eigenvalue weighted by Gasteiger charge is 2.32. The maximum Gasteiger partial charge on any atom is 0.221 e. The van der Waals surface area contributed by atoms with Crippen molar-refractivity contribution in [2.45, 2.75) is 37.8 Å². The van der Waals surface area contributed by atoms with Gasteiger partial charge in [-0.25, -0.2) is 0 Å². The fraction of sp³-hybridized carbons (Fsp3) is 0.588. The normalized spacial score (nSPS) is 23.5. The number of carbonyl (C=O) groups excluding carboxylic acids is 1. The van der Waals surface area contributed by atoms with Crippen LogP contribution in [0.1, 0.15) is 24.8 Å². The third kappa shape index (κ3) is 4.75. The van der Waals surface area contributed by atoms with Crippen molar-refractivity contribution < 1.29 is 4.79 Å². The number of amides is 1. The standard InChI is InChI=1S/C17H24N2OS/c20-17(11-15-12-21-9-8-18-15)19-16(14-6-7-14)10-13-4-2-1-3-5-13/h1-5,14-16,18H,6-12H2,(H,19,20). The van der Waals surface area contributed by atoms with Gasteiger partial charge < -0.3 is 10.6 Å². The van der Waals surface area contributed by atoms with Crippen LogP contribution in [-0.4, -0.2) is 36.0 Å². The van der Waals surface area contributed by atoms with E-state index in [-0.39, 0.29) is 5.91 Å². The molecule has 114 valence electrons. The van der Waals surface area contributed by atoms with Gasteiger partial charge in [-0.2, -0.15) is 11.8 Å². The Morgan fingerprint density at radius 3 is 2.81 bits per heavy atom. The van der Waals surface area contributed by atoms with Crippen molar-refractivity contribution in [2.75, 3.05) is 18.1 Å². The van der Waals surface area contributed by atoms with Gasteiger partial charge in [-0.3, -0.25) is 4.79 Å². The van der Waals surface area contributed by atoms with Gasteiger partial charge in [-0.15, -0.1) is 0 Å². The molecule has 4 heteroatoms. The van der Waals surface area contributed by atoms with Crippen molar-refractivity contribution in [2.24, 2.45) is 5.92 Å². The molecule has 1 saturated heterocycles. The average Bonchev–Trinajstić information content (AvgIpc) is 3.33. The van der Waals surface area contributed by atoms with Gasteiger partial charge in [0.05, 0.1) is 0 Å². The highest BCUT2D eigenvalue weighted by Crippen LogP contribution is 2.34. The summed E-state index contributed by atoms with van der Waals surface area (Å²) >= 11 is 1.94. The second kappa shape index (κ2) is 7.32. The van der Waals surface area contributed by atoms with E-state index in [2.05, 4.69) is 34.9 Å². The third-order valence-electron chi connectivity index (χ3n) is 4.27. The lowest BCUT2D eigenvalue weighted by molar-refractivity contribution is -0.122. The molecule has 21 heavy (non-hydrogen) atoms. The van der Waals surface area contributed by atoms with Gasteiger partial charge in [0.1, 0.15) is 0 Å². The highest BCUT2D eigenvalue weighted by atomic mass is 32.2. The molecule has 1 aliphatic carbocycles. The molecule has 3 rings (SSSR count). The van der Waals surface area contributed by atoms with Crippen molar-refractivity contribution in [3.05, 3.63) is 35.9 Å². The number of rotatable bonds is 6. The molecule has 0 bridgehead atoms. The Labute approximate surface area is 131 Å². The zero-order chi connectivity index (χ0) is 14.5. The summed E-state index contributed by atoms with van der Waals surface area (Å²) in [6.07, 6.45) is 4.10. The minimum atomic E-state index is 0.211. The van der Waals surface area contributed by atoms with Crippen LogP contribution in [-0.2, 0) is 11.2 Å². The molecule has 2 aliphatic rings. The van der Waals surface area contributed by atoms with Crippen LogP contribution in [0.5, 0.6) is 0 Å². The van der Waals surface area contributed by atoms with Crippen molar-refractivity contribution in [1.82, 2.24) is 10.6 Å². The molecule has 2 fully saturated rings. The summed E-state index contributed by atoms with van der Waals surface area (Å²) in [4.78, 5) is 12.3. The molecule has 0 radical (unpaired) electrons. The molecule has 1 aromatic carbocycles. The summed E-state index contributed by atoms with van der Waals surface area (Å²) in [5, 5.41) is 6.72. The second-order valence-corrected chi connectivity index (χ2v) is 7.28. The van der Waals surface area contributed by atoms with Crippen LogP contribution in [0.3, 0.4) is 0 Å². The predicted octanol–water partition coefficient (Wildman–Crippen LogP) is 2.22. The van der Waals surface area contributed by atoms with Crippen molar-refractivity contribution in [1.29, 1.82) is 0 Å². The maximum atomic E-state index is 12.3. The summed E-state index contributed by atoms with van der Waals surface area (Å²) in [7, 11) is 0. The van der Waals surface area contributed by atoms with Gasteiger partial charge in [0.25, 0.3) is 0 Å². The molecule has 1 saturated carbocycles. The molecule has 2 N–H and O–H groups in total. The Bertz CT molecular complexity index is 455. The predicted molar refractivity (Wildman–Crippen MR) is 88.5 cm³/mol. The molecule has 2 atom stereocenters. The van der Waals surface area contributed by atoms with Gasteiger partial charge in [0.2, 0.25) is 5.91 Å². The first-order chi connectivity index (χ1) is 10.3. The van der Waals surface area contributed by atoms with E-state index in [9.17, 15) is 4.79 Å². The monoisotopic (exact) mass is 304 g/mol. The summed E-state index contributed by atoms with van der Waals surface area (Å²) in [6.45, 7) is 1.03. The zero-order valence-corrected chi connectivity index (χ0v) is 13.2. The Kier molecular flexibility index (Phi) is 5.20. The van der Waals surface area contributed by atoms with Crippen molar-refractivity contribution in [3.8, 4) is 0 Å². The van der Waals surface area contributed by atoms with Gasteiger partial charge in [0.15, 0.2) is 0 Å². The van der Waals surface area contributed by atoms with E-state index in [0.29, 0.717) is 24.4 Å². The molecule has 1 aliphatic heterocycles. The van der Waals surface area contributed by atoms with Crippen LogP contribution in [0, 0.1) is 5.92 Å². The van der Waals surface area contributed by atoms with Crippen LogP contribution in [0.25, 0.3) is 0 Å². The van der Waals surface area contributed by atoms with E-state index in [0.717, 1.165) is 24.5 Å². The summed E-state index contributed by atoms with van der Waals surface area (Å²) in [6, 6.07) is 11.2. The molecular formula is C17H24N2OS. The molecular weight excluding hydrogens is 280 g/mol. The fourth-order valence-electron chi connectivity index (χ4n) is 2.94. The Balaban J connectivity index is 1.51. The SMILES string of the molecule is O=C(CC1CSCCN1)NC(Cc1ccccc1)C1CC1. The van der Waals surface area contributed by atoms with Gasteiger partial charge in [-0.1, -0.05) is 30.3 Å². The van der Waals surface area contributed by atoms with E-state index in [1.807, 2.05) is 17.8 Å². The fourth-order valence-corrected chi connectivity index (χ4v) is 3.89. The largest absolute Gasteiger partial charge is 0.353 e. The van der Waals surface area contributed by atoms with Crippen LogP contribution < -0.4 is 10.6 Å². The van der Waals surface area contributed by atoms with Crippen LogP contribution in [0.4, 0.5) is 0 Å². The van der Waals surface area contributed by atoms with Crippen LogP contribution >= 0.6 is 11.8 Å². The lowest BCUT2D eigenvalue weighted by atomic mass is 10.0. The Hall–Kier alpha value is -1.00. The van der Waals surface area contributed by atoms with Gasteiger partial charge in [0, 0.05) is 36.6 Å². The third-order valence-corrected chi connectivity index (χ3v) is 5.40. The lowest BCUT2D eigenvalue weighted by Crippen LogP contribution is -2.44. The zero-order valence-electron chi connectivity index (χ0n) is 12.4. The molecule has 0 aromatic heterocycles. The van der Waals surface area contributed by atoms with Crippen LogP contribution in [0.15, 0.2) is 30.3 Å². The van der Waals surface area contributed by atoms with E-state index in [4.69, 9.17) is 0 Å². The summed E-state index contributed by atoms with van der Waals surface area (Å²) < 4.78 is 0. The quantitative estimate of drug-likeness (QED) is 0.847.